The van der Waals surface area contributed by atoms with E-state index in [1.807, 2.05) is 11.8 Å². The fourth-order valence-electron chi connectivity index (χ4n) is 3.24. The first-order chi connectivity index (χ1) is 13.3. The van der Waals surface area contributed by atoms with Gasteiger partial charge in [-0.2, -0.15) is 0 Å². The molecule has 4 rings (SSSR count). The third kappa shape index (κ3) is 4.03. The summed E-state index contributed by atoms with van der Waals surface area (Å²) in [6, 6.07) is 6.60. The maximum absolute atomic E-state index is 12.6. The summed E-state index contributed by atoms with van der Waals surface area (Å²) in [7, 11) is 0. The van der Waals surface area contributed by atoms with Gasteiger partial charge in [-0.3, -0.25) is 4.79 Å². The second kappa shape index (κ2) is 7.09. The van der Waals surface area contributed by atoms with Crippen LogP contribution < -0.4 is 4.74 Å². The van der Waals surface area contributed by atoms with Crippen molar-refractivity contribution in [3.8, 4) is 17.0 Å². The molecule has 0 bridgehead atoms. The van der Waals surface area contributed by atoms with Crippen molar-refractivity contribution in [1.82, 2.24) is 9.88 Å². The van der Waals surface area contributed by atoms with Crippen LogP contribution in [0, 0.1) is 5.41 Å². The average Bonchev–Trinajstić information content (AvgIpc) is 3.22. The fourth-order valence-corrected chi connectivity index (χ4v) is 4.10. The normalized spacial score (nSPS) is 21.4. The summed E-state index contributed by atoms with van der Waals surface area (Å²) in [6.07, 6.45) is -1.71. The minimum atomic E-state index is -3.28. The minimum absolute atomic E-state index is 0.0786. The molecule has 1 aromatic carbocycles. The molecular formula is C19H22N2O6S. The molecule has 1 amide bonds. The predicted molar refractivity (Wildman–Crippen MR) is 100 cm³/mol. The number of nitrogens with zero attached hydrogens (tertiary/aromatic N) is 2. The molecule has 1 aromatic heterocycles. The molecule has 0 radical (unpaired) electrons. The minimum Gasteiger partial charge on any atom is -0.416 e. The van der Waals surface area contributed by atoms with Gasteiger partial charge in [0, 0.05) is 22.9 Å². The topological polar surface area (TPSA) is 112 Å². The molecule has 3 N–H and O–H groups in total. The lowest BCUT2D eigenvalue weighted by atomic mass is 10.1. The fraction of sp³-hybridized carbons (Fsp3) is 0.474. The Morgan fingerprint density at radius 2 is 2.11 bits per heavy atom. The van der Waals surface area contributed by atoms with Gasteiger partial charge in [0.05, 0.1) is 18.8 Å². The summed E-state index contributed by atoms with van der Waals surface area (Å²) in [5.74, 6) is 0.261. The van der Waals surface area contributed by atoms with Crippen LogP contribution in [0.2, 0.25) is 0 Å². The lowest BCUT2D eigenvalue weighted by molar-refractivity contribution is -0.419. The van der Waals surface area contributed by atoms with E-state index < -0.39 is 6.16 Å². The Kier molecular flexibility index (Phi) is 4.88. The monoisotopic (exact) mass is 406 g/mol. The van der Waals surface area contributed by atoms with Crippen LogP contribution in [0.15, 0.2) is 29.6 Å². The van der Waals surface area contributed by atoms with E-state index in [-0.39, 0.29) is 23.2 Å². The van der Waals surface area contributed by atoms with Crippen LogP contribution in [-0.2, 0) is 9.53 Å². The number of thiazole rings is 1. The quantitative estimate of drug-likeness (QED) is 0.645. The molecule has 2 aliphatic rings. The van der Waals surface area contributed by atoms with E-state index in [9.17, 15) is 4.79 Å². The standard InChI is InChI=1S/C19H22N2O6S/c1-18(6-7-18)17(22)21-8-9-26-15(10-21)16-20-13(11-28-16)12-4-2-3-5-14(12)27-19(23,24)25/h2-5,11,15,23-25H,6-10H2,1H3. The van der Waals surface area contributed by atoms with Crippen LogP contribution in [0.5, 0.6) is 5.75 Å². The van der Waals surface area contributed by atoms with Gasteiger partial charge in [0.25, 0.3) is 0 Å². The van der Waals surface area contributed by atoms with Crippen molar-refractivity contribution in [3.05, 3.63) is 34.7 Å². The molecule has 0 spiro atoms. The maximum Gasteiger partial charge on any atom is 0.453 e. The Labute approximate surface area is 166 Å². The second-order valence-corrected chi connectivity index (χ2v) is 8.30. The highest BCUT2D eigenvalue weighted by molar-refractivity contribution is 7.10. The molecule has 2 aromatic rings. The molecule has 2 fully saturated rings. The first-order valence-electron chi connectivity index (χ1n) is 9.07. The summed E-state index contributed by atoms with van der Waals surface area (Å²) >= 11 is 1.40. The number of rotatable bonds is 5. The molecule has 1 saturated carbocycles. The number of hydrogen-bond donors (Lipinski definition) is 3. The van der Waals surface area contributed by atoms with Gasteiger partial charge in [-0.1, -0.05) is 19.1 Å². The number of aromatic nitrogens is 1. The van der Waals surface area contributed by atoms with Crippen molar-refractivity contribution in [2.24, 2.45) is 5.41 Å². The Morgan fingerprint density at radius 1 is 1.36 bits per heavy atom. The SMILES string of the molecule is CC1(C(=O)N2CCOC(c3nc(-c4ccccc4OC(O)(O)O)cs3)C2)CC1. The van der Waals surface area contributed by atoms with Crippen molar-refractivity contribution < 1.29 is 29.6 Å². The molecular weight excluding hydrogens is 384 g/mol. The molecule has 1 unspecified atom stereocenters. The largest absolute Gasteiger partial charge is 0.453 e. The zero-order chi connectivity index (χ0) is 19.9. The number of carbonyl (C=O) groups excluding carboxylic acids is 1. The number of para-hydroxylation sites is 1. The molecule has 1 aliphatic carbocycles. The smallest absolute Gasteiger partial charge is 0.416 e. The van der Waals surface area contributed by atoms with Crippen molar-refractivity contribution in [2.45, 2.75) is 32.0 Å². The number of hydrogen-bond acceptors (Lipinski definition) is 8. The number of benzene rings is 1. The van der Waals surface area contributed by atoms with Crippen molar-refractivity contribution in [2.75, 3.05) is 19.7 Å². The molecule has 1 aliphatic heterocycles. The van der Waals surface area contributed by atoms with Gasteiger partial charge in [-0.05, 0) is 25.0 Å². The third-order valence-corrected chi connectivity index (χ3v) is 6.01. The maximum atomic E-state index is 12.6. The molecule has 28 heavy (non-hydrogen) atoms. The van der Waals surface area contributed by atoms with E-state index in [2.05, 4.69) is 4.98 Å². The molecule has 9 heteroatoms. The first kappa shape index (κ1) is 19.3. The summed E-state index contributed by atoms with van der Waals surface area (Å²) < 4.78 is 10.6. The van der Waals surface area contributed by atoms with Crippen LogP contribution in [-0.4, -0.2) is 57.0 Å². The van der Waals surface area contributed by atoms with Gasteiger partial charge in [-0.15, -0.1) is 11.3 Å². The van der Waals surface area contributed by atoms with E-state index in [0.29, 0.717) is 31.0 Å². The number of carbonyl (C=O) groups is 1. The van der Waals surface area contributed by atoms with Gasteiger partial charge < -0.3 is 29.7 Å². The zero-order valence-electron chi connectivity index (χ0n) is 15.4. The summed E-state index contributed by atoms with van der Waals surface area (Å²) in [4.78, 5) is 19.1. The third-order valence-electron chi connectivity index (χ3n) is 5.08. The molecule has 1 saturated heterocycles. The summed E-state index contributed by atoms with van der Waals surface area (Å²) in [5.41, 5.74) is 0.847. The lowest BCUT2D eigenvalue weighted by Crippen LogP contribution is -2.45. The highest BCUT2D eigenvalue weighted by Gasteiger charge is 2.48. The van der Waals surface area contributed by atoms with E-state index in [1.54, 1.807) is 23.6 Å². The lowest BCUT2D eigenvalue weighted by Gasteiger charge is -2.33. The Balaban J connectivity index is 1.53. The van der Waals surface area contributed by atoms with E-state index >= 15 is 0 Å². The van der Waals surface area contributed by atoms with Crippen LogP contribution in [0.4, 0.5) is 0 Å². The van der Waals surface area contributed by atoms with Crippen LogP contribution >= 0.6 is 11.3 Å². The van der Waals surface area contributed by atoms with Gasteiger partial charge in [0.1, 0.15) is 16.9 Å². The number of aliphatic hydroxyl groups is 3. The summed E-state index contributed by atoms with van der Waals surface area (Å²) in [5, 5.41) is 29.9. The number of morpholine rings is 1. The average molecular weight is 406 g/mol. The van der Waals surface area contributed by atoms with E-state index in [1.165, 1.54) is 17.4 Å². The zero-order valence-corrected chi connectivity index (χ0v) is 16.2. The van der Waals surface area contributed by atoms with E-state index in [0.717, 1.165) is 17.8 Å². The molecule has 2 heterocycles. The van der Waals surface area contributed by atoms with E-state index in [4.69, 9.17) is 24.8 Å². The highest BCUT2D eigenvalue weighted by Crippen LogP contribution is 2.47. The Morgan fingerprint density at radius 3 is 2.82 bits per heavy atom. The van der Waals surface area contributed by atoms with Crippen LogP contribution in [0.1, 0.15) is 30.9 Å². The Hall–Kier alpha value is -2.04. The van der Waals surface area contributed by atoms with Crippen LogP contribution in [0.25, 0.3) is 11.3 Å². The van der Waals surface area contributed by atoms with Gasteiger partial charge >= 0.3 is 6.16 Å². The second-order valence-electron chi connectivity index (χ2n) is 7.41. The van der Waals surface area contributed by atoms with Crippen LogP contribution in [0.3, 0.4) is 0 Å². The Bertz CT molecular complexity index is 873. The summed E-state index contributed by atoms with van der Waals surface area (Å²) in [6.45, 7) is 3.52. The van der Waals surface area contributed by atoms with Crippen molar-refractivity contribution in [1.29, 1.82) is 0 Å². The number of amides is 1. The van der Waals surface area contributed by atoms with Crippen molar-refractivity contribution >= 4 is 17.2 Å². The molecule has 1 atom stereocenters. The van der Waals surface area contributed by atoms with Gasteiger partial charge in [-0.25, -0.2) is 4.98 Å². The number of ether oxygens (including phenoxy) is 2. The molecule has 8 nitrogen and oxygen atoms in total. The highest BCUT2D eigenvalue weighted by atomic mass is 32.1. The predicted octanol–water partition coefficient (Wildman–Crippen LogP) is 1.48. The van der Waals surface area contributed by atoms with Gasteiger partial charge in [0.2, 0.25) is 5.91 Å². The first-order valence-corrected chi connectivity index (χ1v) is 9.95. The van der Waals surface area contributed by atoms with Crippen molar-refractivity contribution in [3.63, 3.8) is 0 Å². The van der Waals surface area contributed by atoms with Gasteiger partial charge in [0.15, 0.2) is 0 Å². The molecule has 150 valence electrons.